The van der Waals surface area contributed by atoms with Gasteiger partial charge in [0, 0.05) is 35.5 Å². The molecule has 0 bridgehead atoms. The molecule has 1 aliphatic rings. The Kier molecular flexibility index (Phi) is 5.10. The van der Waals surface area contributed by atoms with Gasteiger partial charge in [0.15, 0.2) is 0 Å². The summed E-state index contributed by atoms with van der Waals surface area (Å²) in [6.07, 6.45) is 0.365. The van der Waals surface area contributed by atoms with Crippen molar-refractivity contribution >= 4 is 44.3 Å². The molecule has 0 saturated carbocycles. The second kappa shape index (κ2) is 7.57. The number of hydrogen-bond acceptors (Lipinski definition) is 6. The van der Waals surface area contributed by atoms with Crippen molar-refractivity contribution in [2.75, 3.05) is 29.0 Å². The van der Waals surface area contributed by atoms with Crippen LogP contribution >= 0.6 is 11.3 Å². The molecule has 29 heavy (non-hydrogen) atoms. The predicted molar refractivity (Wildman–Crippen MR) is 123 cm³/mol. The fourth-order valence-electron chi connectivity index (χ4n) is 3.90. The van der Waals surface area contributed by atoms with Crippen LogP contribution < -0.4 is 21.5 Å². The highest BCUT2D eigenvalue weighted by atomic mass is 32.1. The van der Waals surface area contributed by atoms with Crippen LogP contribution in [-0.2, 0) is 4.74 Å². The second-order valence-corrected chi connectivity index (χ2v) is 8.59. The number of nitrogens with one attached hydrogen (secondary N) is 2. The van der Waals surface area contributed by atoms with Gasteiger partial charge in [-0.15, -0.1) is 11.3 Å². The van der Waals surface area contributed by atoms with Crippen LogP contribution in [0.3, 0.4) is 0 Å². The van der Waals surface area contributed by atoms with Crippen molar-refractivity contribution in [2.24, 2.45) is 0 Å². The number of ether oxygens (including phenoxy) is 1. The van der Waals surface area contributed by atoms with E-state index >= 15 is 0 Å². The SMILES string of the molecule is C=C(Nc1cc(N2CC(C)OC(C)C2)ccc1C)c1c(N)c2ccsc2[nH]c1=O. The van der Waals surface area contributed by atoms with Gasteiger partial charge >= 0.3 is 0 Å². The summed E-state index contributed by atoms with van der Waals surface area (Å²) in [5.41, 5.74) is 10.5. The summed E-state index contributed by atoms with van der Waals surface area (Å²) in [5.74, 6) is 0. The molecule has 1 fully saturated rings. The maximum absolute atomic E-state index is 12.6. The molecule has 6 nitrogen and oxygen atoms in total. The number of aryl methyl sites for hydroxylation is 1. The number of nitrogens with zero attached hydrogens (tertiary/aromatic N) is 1. The lowest BCUT2D eigenvalue weighted by atomic mass is 10.1. The first-order chi connectivity index (χ1) is 13.8. The molecular formula is C22H26N4O2S. The van der Waals surface area contributed by atoms with E-state index in [4.69, 9.17) is 10.5 Å². The van der Waals surface area contributed by atoms with Gasteiger partial charge in [0.05, 0.1) is 23.5 Å². The van der Waals surface area contributed by atoms with E-state index in [1.165, 1.54) is 11.3 Å². The van der Waals surface area contributed by atoms with Crippen molar-refractivity contribution in [3.05, 3.63) is 57.7 Å². The average Bonchev–Trinajstić information content (AvgIpc) is 3.11. The fourth-order valence-corrected chi connectivity index (χ4v) is 4.69. The number of H-pyrrole nitrogens is 1. The van der Waals surface area contributed by atoms with E-state index in [1.54, 1.807) is 0 Å². The van der Waals surface area contributed by atoms with Gasteiger partial charge in [-0.25, -0.2) is 0 Å². The number of nitrogens with two attached hydrogens (primary N) is 1. The number of nitrogen functional groups attached to an aromatic ring is 1. The first kappa shape index (κ1) is 19.5. The lowest BCUT2D eigenvalue weighted by molar-refractivity contribution is -0.00521. The summed E-state index contributed by atoms with van der Waals surface area (Å²) < 4.78 is 5.85. The number of hydrogen-bond donors (Lipinski definition) is 3. The second-order valence-electron chi connectivity index (χ2n) is 7.67. The van der Waals surface area contributed by atoms with Crippen molar-refractivity contribution in [3.8, 4) is 0 Å². The molecule has 1 aliphatic heterocycles. The molecule has 3 aromatic rings. The molecule has 4 rings (SSSR count). The zero-order chi connectivity index (χ0) is 20.7. The van der Waals surface area contributed by atoms with Crippen molar-refractivity contribution < 1.29 is 4.74 Å². The largest absolute Gasteiger partial charge is 0.397 e. The Hall–Kier alpha value is -2.77. The third kappa shape index (κ3) is 3.75. The van der Waals surface area contributed by atoms with Gasteiger partial charge in [-0.3, -0.25) is 4.79 Å². The number of benzene rings is 1. The summed E-state index contributed by atoms with van der Waals surface area (Å²) in [6, 6.07) is 8.20. The third-order valence-corrected chi connectivity index (χ3v) is 6.10. The fraction of sp³-hybridized carbons (Fsp3) is 0.318. The Morgan fingerprint density at radius 2 is 2.03 bits per heavy atom. The monoisotopic (exact) mass is 410 g/mol. The van der Waals surface area contributed by atoms with Gasteiger partial charge < -0.3 is 25.7 Å². The number of rotatable bonds is 4. The molecule has 152 valence electrons. The smallest absolute Gasteiger partial charge is 0.260 e. The highest BCUT2D eigenvalue weighted by molar-refractivity contribution is 7.16. The molecule has 2 unspecified atom stereocenters. The zero-order valence-electron chi connectivity index (χ0n) is 16.9. The molecular weight excluding hydrogens is 384 g/mol. The lowest BCUT2D eigenvalue weighted by Crippen LogP contribution is -2.45. The Labute approximate surface area is 174 Å². The molecule has 7 heteroatoms. The number of thiophene rings is 1. The highest BCUT2D eigenvalue weighted by Gasteiger charge is 2.23. The minimum atomic E-state index is -0.236. The van der Waals surface area contributed by atoms with Gasteiger partial charge in [-0.2, -0.15) is 0 Å². The quantitative estimate of drug-likeness (QED) is 0.601. The number of pyridine rings is 1. The van der Waals surface area contributed by atoms with Crippen LogP contribution in [-0.4, -0.2) is 30.3 Å². The number of aromatic nitrogens is 1. The summed E-state index contributed by atoms with van der Waals surface area (Å²) in [6.45, 7) is 12.0. The topological polar surface area (TPSA) is 83.4 Å². The van der Waals surface area contributed by atoms with Gasteiger partial charge in [0.25, 0.3) is 5.56 Å². The molecule has 2 atom stereocenters. The normalized spacial score (nSPS) is 19.5. The molecule has 1 aromatic carbocycles. The van der Waals surface area contributed by atoms with Crippen LogP contribution in [0.2, 0.25) is 0 Å². The van der Waals surface area contributed by atoms with Crippen LogP contribution in [0.5, 0.6) is 0 Å². The van der Waals surface area contributed by atoms with Crippen LogP contribution in [0.15, 0.2) is 41.0 Å². The summed E-state index contributed by atoms with van der Waals surface area (Å²) in [7, 11) is 0. The zero-order valence-corrected chi connectivity index (χ0v) is 17.7. The number of anilines is 3. The Balaban J connectivity index is 1.64. The molecule has 1 saturated heterocycles. The van der Waals surface area contributed by atoms with Gasteiger partial charge in [0.2, 0.25) is 0 Å². The third-order valence-electron chi connectivity index (χ3n) is 5.27. The minimum Gasteiger partial charge on any atom is -0.397 e. The maximum atomic E-state index is 12.6. The summed E-state index contributed by atoms with van der Waals surface area (Å²) in [5, 5.41) is 6.07. The van der Waals surface area contributed by atoms with Gasteiger partial charge in [-0.1, -0.05) is 12.6 Å². The van der Waals surface area contributed by atoms with Crippen LogP contribution in [0.4, 0.5) is 17.1 Å². The molecule has 3 heterocycles. The Morgan fingerprint density at radius 1 is 1.31 bits per heavy atom. The molecule has 0 amide bonds. The number of morpholine rings is 1. The van der Waals surface area contributed by atoms with E-state index in [-0.39, 0.29) is 17.8 Å². The van der Waals surface area contributed by atoms with Crippen molar-refractivity contribution in [1.82, 2.24) is 4.98 Å². The Morgan fingerprint density at radius 3 is 2.76 bits per heavy atom. The first-order valence-electron chi connectivity index (χ1n) is 9.69. The average molecular weight is 411 g/mol. The highest BCUT2D eigenvalue weighted by Crippen LogP contribution is 2.31. The van der Waals surface area contributed by atoms with E-state index in [0.717, 1.165) is 40.2 Å². The van der Waals surface area contributed by atoms with Crippen molar-refractivity contribution in [3.63, 3.8) is 0 Å². The Bertz CT molecular complexity index is 1120. The van der Waals surface area contributed by atoms with Crippen LogP contribution in [0.25, 0.3) is 15.9 Å². The minimum absolute atomic E-state index is 0.183. The molecule has 0 aliphatic carbocycles. The van der Waals surface area contributed by atoms with E-state index < -0.39 is 0 Å². The summed E-state index contributed by atoms with van der Waals surface area (Å²) in [4.78, 5) is 18.6. The van der Waals surface area contributed by atoms with E-state index in [2.05, 4.69) is 53.8 Å². The maximum Gasteiger partial charge on any atom is 0.260 e. The predicted octanol–water partition coefficient (Wildman–Crippen LogP) is 4.18. The number of aromatic amines is 1. The van der Waals surface area contributed by atoms with E-state index in [9.17, 15) is 4.79 Å². The lowest BCUT2D eigenvalue weighted by Gasteiger charge is -2.37. The van der Waals surface area contributed by atoms with Crippen LogP contribution in [0.1, 0.15) is 25.0 Å². The molecule has 2 aromatic heterocycles. The van der Waals surface area contributed by atoms with Crippen molar-refractivity contribution in [2.45, 2.75) is 33.0 Å². The van der Waals surface area contributed by atoms with E-state index in [1.807, 2.05) is 18.4 Å². The van der Waals surface area contributed by atoms with E-state index in [0.29, 0.717) is 16.9 Å². The number of fused-ring (bicyclic) bond motifs is 1. The van der Waals surface area contributed by atoms with Gasteiger partial charge in [0.1, 0.15) is 4.83 Å². The standard InChI is InChI=1S/C22H26N4O2S/c1-12-5-6-16(26-10-13(2)28-14(3)11-26)9-18(12)24-15(4)19-20(23)17-7-8-29-22(17)25-21(19)27/h5-9,13-14,24H,4,10-11H2,1-3H3,(H3,23,25,27). The van der Waals surface area contributed by atoms with Crippen molar-refractivity contribution in [1.29, 1.82) is 0 Å². The molecule has 0 spiro atoms. The summed E-state index contributed by atoms with van der Waals surface area (Å²) >= 11 is 1.46. The molecule has 0 radical (unpaired) electrons. The first-order valence-corrected chi connectivity index (χ1v) is 10.6. The molecule has 4 N–H and O–H groups in total. The van der Waals surface area contributed by atoms with Crippen LogP contribution in [0, 0.1) is 6.92 Å². The van der Waals surface area contributed by atoms with Gasteiger partial charge in [-0.05, 0) is 49.9 Å².